The molecule has 1 aliphatic heterocycles. The maximum atomic E-state index is 5.75. The van der Waals surface area contributed by atoms with Crippen LogP contribution >= 0.6 is 0 Å². The van der Waals surface area contributed by atoms with Gasteiger partial charge in [-0.25, -0.2) is 0 Å². The predicted octanol–water partition coefficient (Wildman–Crippen LogP) is 2.24. The van der Waals surface area contributed by atoms with Gasteiger partial charge in [0.25, 0.3) is 0 Å². The third-order valence-electron chi connectivity index (χ3n) is 2.68. The number of rotatable bonds is 4. The lowest BCUT2D eigenvalue weighted by Gasteiger charge is -2.31. The highest BCUT2D eigenvalue weighted by molar-refractivity contribution is 5.13. The van der Waals surface area contributed by atoms with Crippen molar-refractivity contribution in [1.29, 1.82) is 0 Å². The molecule has 0 unspecified atom stereocenters. The molecular weight excluding hydrogens is 176 g/mol. The molecule has 76 valence electrons. The minimum Gasteiger partial charge on any atom is -0.380 e. The third kappa shape index (κ3) is 2.34. The van der Waals surface area contributed by atoms with Crippen molar-refractivity contribution in [3.05, 3.63) is 35.9 Å². The normalized spacial score (nSPS) is 18.9. The molecule has 0 saturated carbocycles. The minimum absolute atomic E-state index is 0.309. The highest BCUT2D eigenvalue weighted by Gasteiger charge is 2.25. The number of hydrogen-bond acceptors (Lipinski definition) is 2. The molecule has 1 heterocycles. The van der Waals surface area contributed by atoms with E-state index in [1.165, 1.54) is 5.56 Å². The first-order valence-electron chi connectivity index (χ1n) is 5.09. The van der Waals surface area contributed by atoms with Gasteiger partial charge in [0.1, 0.15) is 0 Å². The zero-order valence-electron chi connectivity index (χ0n) is 8.48. The van der Waals surface area contributed by atoms with Gasteiger partial charge in [0.15, 0.2) is 0 Å². The van der Waals surface area contributed by atoms with Gasteiger partial charge in [0, 0.05) is 5.92 Å². The van der Waals surface area contributed by atoms with E-state index in [-0.39, 0.29) is 0 Å². The van der Waals surface area contributed by atoms with Crippen molar-refractivity contribution in [3.8, 4) is 0 Å². The molecule has 1 aliphatic rings. The Morgan fingerprint density at radius 1 is 1.36 bits per heavy atom. The van der Waals surface area contributed by atoms with Crippen LogP contribution in [0.25, 0.3) is 0 Å². The monoisotopic (exact) mass is 192 g/mol. The maximum absolute atomic E-state index is 5.75. The van der Waals surface area contributed by atoms with Gasteiger partial charge in [-0.3, -0.25) is 0 Å². The topological polar surface area (TPSA) is 18.5 Å². The summed E-state index contributed by atoms with van der Waals surface area (Å²) in [5, 5.41) is 0. The maximum Gasteiger partial charge on any atom is 0.0720 e. The lowest BCUT2D eigenvalue weighted by Crippen LogP contribution is -2.37. The molecule has 2 heteroatoms. The van der Waals surface area contributed by atoms with Crippen LogP contribution in [-0.2, 0) is 16.1 Å². The summed E-state index contributed by atoms with van der Waals surface area (Å²) in [6, 6.07) is 10.3. The van der Waals surface area contributed by atoms with Crippen LogP contribution < -0.4 is 0 Å². The fourth-order valence-electron chi connectivity index (χ4n) is 1.46. The minimum atomic E-state index is 0.309. The van der Waals surface area contributed by atoms with E-state index in [1.807, 2.05) is 18.2 Å². The van der Waals surface area contributed by atoms with Crippen molar-refractivity contribution in [3.63, 3.8) is 0 Å². The summed E-state index contributed by atoms with van der Waals surface area (Å²) in [5.74, 6) is 0.596. The summed E-state index contributed by atoms with van der Waals surface area (Å²) in [6.07, 6.45) is 0.309. The molecule has 14 heavy (non-hydrogen) atoms. The molecule has 0 N–H and O–H groups in total. The predicted molar refractivity (Wildman–Crippen MR) is 55.0 cm³/mol. The van der Waals surface area contributed by atoms with Gasteiger partial charge in [-0.05, 0) is 12.5 Å². The van der Waals surface area contributed by atoms with Gasteiger partial charge < -0.3 is 9.47 Å². The van der Waals surface area contributed by atoms with Crippen LogP contribution in [0.1, 0.15) is 12.5 Å². The molecule has 1 atom stereocenters. The van der Waals surface area contributed by atoms with Gasteiger partial charge >= 0.3 is 0 Å². The molecule has 0 bridgehead atoms. The number of ether oxygens (including phenoxy) is 2. The van der Waals surface area contributed by atoms with E-state index in [2.05, 4.69) is 19.1 Å². The van der Waals surface area contributed by atoms with Crippen LogP contribution in [0.3, 0.4) is 0 Å². The molecule has 0 aliphatic carbocycles. The van der Waals surface area contributed by atoms with Crippen LogP contribution in [0.4, 0.5) is 0 Å². The van der Waals surface area contributed by atoms with Crippen molar-refractivity contribution in [2.24, 2.45) is 5.92 Å². The Hall–Kier alpha value is -0.860. The second-order valence-electron chi connectivity index (χ2n) is 3.80. The van der Waals surface area contributed by atoms with Crippen LogP contribution in [0, 0.1) is 5.92 Å². The zero-order valence-corrected chi connectivity index (χ0v) is 8.48. The van der Waals surface area contributed by atoms with Crippen LogP contribution in [0.5, 0.6) is 0 Å². The highest BCUT2D eigenvalue weighted by Crippen LogP contribution is 2.18. The number of benzene rings is 1. The molecule has 2 nitrogen and oxygen atoms in total. The standard InChI is InChI=1S/C12H16O2/c1-10(12-8-13-9-12)14-7-11-5-3-2-4-6-11/h2-6,10,12H,7-9H2,1H3/t10-/m0/s1. The van der Waals surface area contributed by atoms with E-state index in [0.29, 0.717) is 18.6 Å². The van der Waals surface area contributed by atoms with E-state index >= 15 is 0 Å². The van der Waals surface area contributed by atoms with Gasteiger partial charge in [0.2, 0.25) is 0 Å². The molecule has 1 aromatic carbocycles. The Morgan fingerprint density at radius 2 is 2.07 bits per heavy atom. The highest BCUT2D eigenvalue weighted by atomic mass is 16.5. The smallest absolute Gasteiger partial charge is 0.0720 e. The van der Waals surface area contributed by atoms with E-state index in [9.17, 15) is 0 Å². The Labute approximate surface area is 84.8 Å². The Morgan fingerprint density at radius 3 is 2.64 bits per heavy atom. The molecule has 0 aromatic heterocycles. The Balaban J connectivity index is 1.76. The summed E-state index contributed by atoms with van der Waals surface area (Å²) in [6.45, 7) is 4.54. The summed E-state index contributed by atoms with van der Waals surface area (Å²) >= 11 is 0. The summed E-state index contributed by atoms with van der Waals surface area (Å²) in [7, 11) is 0. The molecule has 1 aromatic rings. The van der Waals surface area contributed by atoms with Crippen molar-refractivity contribution in [1.82, 2.24) is 0 Å². The zero-order chi connectivity index (χ0) is 9.80. The molecule has 0 spiro atoms. The van der Waals surface area contributed by atoms with E-state index in [0.717, 1.165) is 13.2 Å². The molecular formula is C12H16O2. The van der Waals surface area contributed by atoms with Gasteiger partial charge in [-0.2, -0.15) is 0 Å². The van der Waals surface area contributed by atoms with Crippen molar-refractivity contribution < 1.29 is 9.47 Å². The van der Waals surface area contributed by atoms with E-state index < -0.39 is 0 Å². The first-order valence-corrected chi connectivity index (χ1v) is 5.09. The first kappa shape index (κ1) is 9.69. The second kappa shape index (κ2) is 4.58. The fourth-order valence-corrected chi connectivity index (χ4v) is 1.46. The lowest BCUT2D eigenvalue weighted by atomic mass is 10.0. The van der Waals surface area contributed by atoms with Gasteiger partial charge in [-0.15, -0.1) is 0 Å². The van der Waals surface area contributed by atoms with Crippen molar-refractivity contribution in [2.75, 3.05) is 13.2 Å². The Bertz CT molecular complexity index is 267. The van der Waals surface area contributed by atoms with Crippen LogP contribution in [0.15, 0.2) is 30.3 Å². The molecule has 0 amide bonds. The fraction of sp³-hybridized carbons (Fsp3) is 0.500. The first-order chi connectivity index (χ1) is 6.86. The SMILES string of the molecule is C[C@H](OCc1ccccc1)C1COC1. The second-order valence-corrected chi connectivity index (χ2v) is 3.80. The summed E-state index contributed by atoms with van der Waals surface area (Å²) < 4.78 is 10.9. The lowest BCUT2D eigenvalue weighted by molar-refractivity contribution is -0.111. The largest absolute Gasteiger partial charge is 0.380 e. The van der Waals surface area contributed by atoms with Crippen LogP contribution in [0.2, 0.25) is 0 Å². The molecule has 0 radical (unpaired) electrons. The van der Waals surface area contributed by atoms with Crippen molar-refractivity contribution in [2.45, 2.75) is 19.6 Å². The van der Waals surface area contributed by atoms with E-state index in [1.54, 1.807) is 0 Å². The summed E-state index contributed by atoms with van der Waals surface area (Å²) in [4.78, 5) is 0. The molecule has 1 fully saturated rings. The molecule has 1 saturated heterocycles. The molecule has 2 rings (SSSR count). The van der Waals surface area contributed by atoms with Crippen LogP contribution in [-0.4, -0.2) is 19.3 Å². The Kier molecular flexibility index (Phi) is 3.17. The average molecular weight is 192 g/mol. The number of hydrogen-bond donors (Lipinski definition) is 0. The average Bonchev–Trinajstić information content (AvgIpc) is 2.14. The van der Waals surface area contributed by atoms with Gasteiger partial charge in [-0.1, -0.05) is 30.3 Å². The third-order valence-corrected chi connectivity index (χ3v) is 2.68. The summed E-state index contributed by atoms with van der Waals surface area (Å²) in [5.41, 5.74) is 1.24. The van der Waals surface area contributed by atoms with E-state index in [4.69, 9.17) is 9.47 Å². The van der Waals surface area contributed by atoms with Gasteiger partial charge in [0.05, 0.1) is 25.9 Å². The van der Waals surface area contributed by atoms with Crippen molar-refractivity contribution >= 4 is 0 Å². The quantitative estimate of drug-likeness (QED) is 0.728.